The summed E-state index contributed by atoms with van der Waals surface area (Å²) in [5.74, 6) is 2.09. The Bertz CT molecular complexity index is 1380. The van der Waals surface area contributed by atoms with E-state index < -0.39 is 6.43 Å². The van der Waals surface area contributed by atoms with Crippen molar-refractivity contribution >= 4 is 23.3 Å². The highest BCUT2D eigenvalue weighted by Crippen LogP contribution is 2.39. The quantitative estimate of drug-likeness (QED) is 0.232. The molecular formula is C35H50F2N8. The van der Waals surface area contributed by atoms with Gasteiger partial charge in [-0.05, 0) is 87.1 Å². The van der Waals surface area contributed by atoms with Crippen LogP contribution in [0.1, 0.15) is 68.6 Å². The van der Waals surface area contributed by atoms with Gasteiger partial charge in [0.05, 0.1) is 0 Å². The number of piperidine rings is 2. The Morgan fingerprint density at radius 3 is 2.64 bits per heavy atom. The van der Waals surface area contributed by atoms with Gasteiger partial charge >= 0.3 is 0 Å². The summed E-state index contributed by atoms with van der Waals surface area (Å²) in [6.07, 6.45) is 7.47. The van der Waals surface area contributed by atoms with Crippen LogP contribution in [0.4, 0.5) is 14.5 Å². The SMILES string of the molecule is C=C(C)N1CCC(NC2CCN(CC3CC4CC3CN4)CC2)=C(C(=N)N2CCCc3cc(/C(C=NC)=C/N)c(C(F)F)cc32)C1. The van der Waals surface area contributed by atoms with Crippen molar-refractivity contribution in [1.29, 1.82) is 5.41 Å². The molecule has 1 aliphatic carbocycles. The van der Waals surface area contributed by atoms with Crippen molar-refractivity contribution in [3.8, 4) is 0 Å². The highest BCUT2D eigenvalue weighted by molar-refractivity contribution is 6.12. The van der Waals surface area contributed by atoms with Crippen LogP contribution in [-0.2, 0) is 6.42 Å². The molecule has 10 heteroatoms. The molecule has 0 amide bonds. The number of rotatable bonds is 9. The van der Waals surface area contributed by atoms with E-state index in [0.29, 0.717) is 41.8 Å². The second-order valence-corrected chi connectivity index (χ2v) is 13.7. The van der Waals surface area contributed by atoms with Gasteiger partial charge in [-0.1, -0.05) is 6.58 Å². The van der Waals surface area contributed by atoms with Crippen LogP contribution in [0.3, 0.4) is 0 Å². The van der Waals surface area contributed by atoms with Crippen LogP contribution in [0.25, 0.3) is 5.57 Å². The van der Waals surface area contributed by atoms with E-state index in [1.165, 1.54) is 38.3 Å². The van der Waals surface area contributed by atoms with Crippen molar-refractivity contribution < 1.29 is 8.78 Å². The van der Waals surface area contributed by atoms with Crippen molar-refractivity contribution in [3.63, 3.8) is 0 Å². The maximum atomic E-state index is 14.4. The lowest BCUT2D eigenvalue weighted by atomic mass is 9.91. The number of halogens is 2. The Labute approximate surface area is 267 Å². The number of anilines is 1. The summed E-state index contributed by atoms with van der Waals surface area (Å²) in [4.78, 5) is 10.9. The smallest absolute Gasteiger partial charge is 0.264 e. The second-order valence-electron chi connectivity index (χ2n) is 13.7. The van der Waals surface area contributed by atoms with Crippen molar-refractivity contribution in [2.24, 2.45) is 22.6 Å². The molecule has 3 fully saturated rings. The summed E-state index contributed by atoms with van der Waals surface area (Å²) in [7, 11) is 1.60. The van der Waals surface area contributed by atoms with Crippen LogP contribution in [0, 0.1) is 17.2 Å². The molecule has 244 valence electrons. The lowest BCUT2D eigenvalue weighted by Crippen LogP contribution is -2.48. The van der Waals surface area contributed by atoms with Gasteiger partial charge in [-0.15, -0.1) is 0 Å². The first-order valence-corrected chi connectivity index (χ1v) is 16.8. The number of amidine groups is 1. The Morgan fingerprint density at radius 2 is 2.00 bits per heavy atom. The summed E-state index contributed by atoms with van der Waals surface area (Å²) in [6.45, 7) is 12.9. The van der Waals surface area contributed by atoms with E-state index in [4.69, 9.17) is 5.73 Å². The number of benzene rings is 1. The van der Waals surface area contributed by atoms with E-state index in [2.05, 4.69) is 32.0 Å². The lowest BCUT2D eigenvalue weighted by Gasteiger charge is -2.40. The van der Waals surface area contributed by atoms with Crippen LogP contribution in [0.15, 0.2) is 46.9 Å². The highest BCUT2D eigenvalue weighted by atomic mass is 19.3. The number of allylic oxidation sites excluding steroid dienone is 2. The molecule has 3 atom stereocenters. The van der Waals surface area contributed by atoms with Gasteiger partial charge in [0, 0.05) is 111 Å². The Kier molecular flexibility index (Phi) is 9.61. The molecule has 1 aromatic carbocycles. The monoisotopic (exact) mass is 620 g/mol. The Hall–Kier alpha value is -3.24. The minimum atomic E-state index is -2.68. The summed E-state index contributed by atoms with van der Waals surface area (Å²) >= 11 is 0. The fraction of sp³-hybridized carbons (Fsp3) is 0.600. The zero-order chi connectivity index (χ0) is 31.7. The zero-order valence-electron chi connectivity index (χ0n) is 26.9. The van der Waals surface area contributed by atoms with Crippen LogP contribution in [0.5, 0.6) is 0 Å². The third-order valence-electron chi connectivity index (χ3n) is 10.8. The number of nitrogens with zero attached hydrogens (tertiary/aromatic N) is 4. The number of alkyl halides is 2. The van der Waals surface area contributed by atoms with Crippen molar-refractivity contribution in [2.75, 3.05) is 57.8 Å². The maximum absolute atomic E-state index is 14.4. The molecule has 0 radical (unpaired) electrons. The molecule has 2 bridgehead atoms. The summed E-state index contributed by atoms with van der Waals surface area (Å²) < 4.78 is 28.9. The largest absolute Gasteiger partial charge is 0.404 e. The first-order valence-electron chi connectivity index (χ1n) is 16.8. The maximum Gasteiger partial charge on any atom is 0.264 e. The number of nitrogens with two attached hydrogens (primary N) is 1. The number of aliphatic imine (C=N–C) groups is 1. The number of fused-ring (bicyclic) bond motifs is 3. The molecule has 4 aliphatic heterocycles. The van der Waals surface area contributed by atoms with Crippen LogP contribution >= 0.6 is 0 Å². The summed E-state index contributed by atoms with van der Waals surface area (Å²) in [5, 5.41) is 17.1. The van der Waals surface area contributed by atoms with Crippen LogP contribution in [-0.4, -0.2) is 86.8 Å². The minimum absolute atomic E-state index is 0.0851. The van der Waals surface area contributed by atoms with E-state index in [-0.39, 0.29) is 5.56 Å². The molecule has 5 aliphatic rings. The first kappa shape index (κ1) is 31.7. The van der Waals surface area contributed by atoms with E-state index in [0.717, 1.165) is 92.1 Å². The van der Waals surface area contributed by atoms with Crippen LogP contribution < -0.4 is 21.3 Å². The molecule has 6 rings (SSSR count). The average molecular weight is 621 g/mol. The molecule has 0 spiro atoms. The van der Waals surface area contributed by atoms with E-state index >= 15 is 0 Å². The van der Waals surface area contributed by atoms with Crippen molar-refractivity contribution in [3.05, 3.63) is 58.6 Å². The minimum Gasteiger partial charge on any atom is -0.404 e. The topological polar surface area (TPSA) is 96.0 Å². The van der Waals surface area contributed by atoms with Gasteiger partial charge < -0.3 is 31.1 Å². The number of aryl methyl sites for hydroxylation is 1. The molecule has 8 nitrogen and oxygen atoms in total. The van der Waals surface area contributed by atoms with Gasteiger partial charge in [0.1, 0.15) is 5.84 Å². The predicted octanol–water partition coefficient (Wildman–Crippen LogP) is 4.90. The van der Waals surface area contributed by atoms with Gasteiger partial charge in [0.15, 0.2) is 0 Å². The lowest BCUT2D eigenvalue weighted by molar-refractivity contribution is 0.151. The second kappa shape index (κ2) is 13.6. The number of hydrogen-bond donors (Lipinski definition) is 4. The number of hydrogen-bond acceptors (Lipinski definition) is 7. The summed E-state index contributed by atoms with van der Waals surface area (Å²) in [6, 6.07) is 4.52. The van der Waals surface area contributed by atoms with Gasteiger partial charge in [-0.25, -0.2) is 8.78 Å². The van der Waals surface area contributed by atoms with Gasteiger partial charge in [0.2, 0.25) is 0 Å². The van der Waals surface area contributed by atoms with Gasteiger partial charge in [-0.2, -0.15) is 0 Å². The van der Waals surface area contributed by atoms with Gasteiger partial charge in [-0.3, -0.25) is 10.4 Å². The van der Waals surface area contributed by atoms with E-state index in [1.807, 2.05) is 17.9 Å². The fourth-order valence-electron chi connectivity index (χ4n) is 8.29. The molecule has 0 aromatic heterocycles. The molecular weight excluding hydrogens is 570 g/mol. The molecule has 1 saturated carbocycles. The Morgan fingerprint density at radius 1 is 1.20 bits per heavy atom. The normalized spacial score (nSPS) is 26.3. The third-order valence-corrected chi connectivity index (χ3v) is 10.8. The van der Waals surface area contributed by atoms with Crippen molar-refractivity contribution in [2.45, 2.75) is 70.4 Å². The molecule has 2 saturated heterocycles. The zero-order valence-corrected chi connectivity index (χ0v) is 26.9. The summed E-state index contributed by atoms with van der Waals surface area (Å²) in [5.41, 5.74) is 11.3. The van der Waals surface area contributed by atoms with E-state index in [1.54, 1.807) is 13.1 Å². The number of nitrogens with one attached hydrogen (secondary N) is 3. The molecule has 45 heavy (non-hydrogen) atoms. The first-order chi connectivity index (χ1) is 21.7. The fourth-order valence-corrected chi connectivity index (χ4v) is 8.29. The molecule has 5 N–H and O–H groups in total. The average Bonchev–Trinajstić information content (AvgIpc) is 3.67. The van der Waals surface area contributed by atoms with Crippen LogP contribution in [0.2, 0.25) is 0 Å². The molecule has 3 unspecified atom stereocenters. The Balaban J connectivity index is 1.22. The van der Waals surface area contributed by atoms with Gasteiger partial charge in [0.25, 0.3) is 6.43 Å². The van der Waals surface area contributed by atoms with E-state index in [9.17, 15) is 14.2 Å². The number of likely N-dealkylation sites (tertiary alicyclic amines) is 1. The molecule has 4 heterocycles. The standard InChI is InChI=1S/C35H50F2N8/c1-22(2)44-12-8-32(42-27-6-10-43(11-7-27)20-25-14-28-13-24(25)19-41-28)31(21-44)35(39)45-9-4-5-23-15-29(26(17-38)18-40-3)30(34(36)37)16-33(23)45/h15-18,24-25,27-28,34,39,41-42H,1,4-14,19-21,38H2,2-3H3/b26-17+,39-35?,40-18?. The van der Waals surface area contributed by atoms with Crippen molar-refractivity contribution in [1.82, 2.24) is 20.4 Å². The highest BCUT2D eigenvalue weighted by Gasteiger charge is 2.40. The molecule has 1 aromatic rings. The predicted molar refractivity (Wildman–Crippen MR) is 180 cm³/mol. The third kappa shape index (κ3) is 6.68.